The summed E-state index contributed by atoms with van der Waals surface area (Å²) in [6.07, 6.45) is -0.682. The van der Waals surface area contributed by atoms with Crippen LogP contribution in [0.15, 0.2) is 18.2 Å². The van der Waals surface area contributed by atoms with Gasteiger partial charge in [0.05, 0.1) is 12.6 Å². The van der Waals surface area contributed by atoms with Crippen molar-refractivity contribution in [2.45, 2.75) is 39.5 Å². The second-order valence-corrected chi connectivity index (χ2v) is 5.78. The number of urea groups is 1. The van der Waals surface area contributed by atoms with Gasteiger partial charge in [0.25, 0.3) is 0 Å². The first kappa shape index (κ1) is 17.2. The lowest BCUT2D eigenvalue weighted by Crippen LogP contribution is -2.45. The maximum atomic E-state index is 12.7. The van der Waals surface area contributed by atoms with Crippen molar-refractivity contribution in [2.24, 2.45) is 5.92 Å². The highest BCUT2D eigenvalue weighted by Gasteiger charge is 2.33. The molecule has 2 rings (SSSR count). The second kappa shape index (κ2) is 6.55. The number of amides is 2. The summed E-state index contributed by atoms with van der Waals surface area (Å²) < 4.78 is 38.2. The number of nitrogens with zero attached hydrogens (tertiary/aromatic N) is 3. The molecule has 1 aromatic heterocycles. The number of nitrogens with one attached hydrogen (secondary N) is 1. The average Bonchev–Trinajstić information content (AvgIpc) is 2.93. The van der Waals surface area contributed by atoms with E-state index in [0.717, 1.165) is 6.07 Å². The van der Waals surface area contributed by atoms with Gasteiger partial charge in [0.1, 0.15) is 11.5 Å². The van der Waals surface area contributed by atoms with Crippen LogP contribution in [0.1, 0.15) is 31.1 Å². The van der Waals surface area contributed by atoms with Crippen molar-refractivity contribution in [2.75, 3.05) is 6.54 Å². The van der Waals surface area contributed by atoms with E-state index in [4.69, 9.17) is 0 Å². The summed E-state index contributed by atoms with van der Waals surface area (Å²) in [7, 11) is 0. The van der Waals surface area contributed by atoms with Gasteiger partial charge in [0, 0.05) is 12.2 Å². The normalized spacial score (nSPS) is 17.9. The first-order valence-corrected chi connectivity index (χ1v) is 7.31. The van der Waals surface area contributed by atoms with Crippen LogP contribution in [-0.2, 0) is 12.7 Å². The Labute approximate surface area is 132 Å². The number of alkyl halides is 3. The van der Waals surface area contributed by atoms with Crippen molar-refractivity contribution in [3.63, 3.8) is 0 Å². The minimum atomic E-state index is -4.53. The summed E-state index contributed by atoms with van der Waals surface area (Å²) in [5, 5.41) is 2.59. The molecule has 23 heavy (non-hydrogen) atoms. The smallest absolute Gasteiger partial charge is 0.331 e. The molecule has 0 spiro atoms. The van der Waals surface area contributed by atoms with Crippen molar-refractivity contribution < 1.29 is 18.0 Å². The van der Waals surface area contributed by atoms with Gasteiger partial charge >= 0.3 is 12.2 Å². The molecule has 2 amide bonds. The molecule has 0 bridgehead atoms. The highest BCUT2D eigenvalue weighted by molar-refractivity contribution is 5.75. The summed E-state index contributed by atoms with van der Waals surface area (Å²) in [5.41, 5.74) is -0.795. The standard InChI is InChI=1S/C15H19F3N4O/c1-9(2)11-5-4-6-22(11)14(23)19-8-13-20-10(3)7-12(21-13)15(16,17)18/h4-5,7,9,11H,6,8H2,1-3H3,(H,19,23)/t11-/m0/s1. The molecule has 5 nitrogen and oxygen atoms in total. The largest absolute Gasteiger partial charge is 0.433 e. The van der Waals surface area contributed by atoms with Crippen molar-refractivity contribution in [3.05, 3.63) is 35.4 Å². The zero-order valence-electron chi connectivity index (χ0n) is 13.2. The summed E-state index contributed by atoms with van der Waals surface area (Å²) >= 11 is 0. The topological polar surface area (TPSA) is 58.1 Å². The maximum Gasteiger partial charge on any atom is 0.433 e. The van der Waals surface area contributed by atoms with Crippen LogP contribution < -0.4 is 5.32 Å². The maximum absolute atomic E-state index is 12.7. The highest BCUT2D eigenvalue weighted by atomic mass is 19.4. The van der Waals surface area contributed by atoms with Gasteiger partial charge in [-0.2, -0.15) is 13.2 Å². The minimum Gasteiger partial charge on any atom is -0.331 e. The SMILES string of the molecule is Cc1cc(C(F)(F)F)nc(CNC(=O)N2CC=C[C@H]2C(C)C)n1. The monoisotopic (exact) mass is 328 g/mol. The van der Waals surface area contributed by atoms with Crippen LogP contribution in [0.3, 0.4) is 0 Å². The van der Waals surface area contributed by atoms with Gasteiger partial charge < -0.3 is 10.2 Å². The lowest BCUT2D eigenvalue weighted by atomic mass is 10.1. The van der Waals surface area contributed by atoms with Crippen LogP contribution in [0.4, 0.5) is 18.0 Å². The number of rotatable bonds is 3. The molecular formula is C15H19F3N4O. The fourth-order valence-electron chi connectivity index (χ4n) is 2.45. The fraction of sp³-hybridized carbons (Fsp3) is 0.533. The van der Waals surface area contributed by atoms with Crippen LogP contribution in [0, 0.1) is 12.8 Å². The summed E-state index contributed by atoms with van der Waals surface area (Å²) in [5.74, 6) is 0.200. The Hall–Kier alpha value is -2.12. The predicted molar refractivity (Wildman–Crippen MR) is 78.5 cm³/mol. The molecule has 0 aliphatic carbocycles. The number of aromatic nitrogens is 2. The molecule has 0 fully saturated rings. The number of halogens is 3. The Morgan fingerprint density at radius 3 is 2.74 bits per heavy atom. The van der Waals surface area contributed by atoms with E-state index in [-0.39, 0.29) is 36.1 Å². The van der Waals surface area contributed by atoms with E-state index in [0.29, 0.717) is 6.54 Å². The molecule has 1 atom stereocenters. The molecule has 1 aliphatic heterocycles. The Morgan fingerprint density at radius 2 is 2.13 bits per heavy atom. The predicted octanol–water partition coefficient (Wildman–Crippen LogP) is 2.91. The van der Waals surface area contributed by atoms with Crippen LogP contribution in [-0.4, -0.2) is 33.5 Å². The Morgan fingerprint density at radius 1 is 1.43 bits per heavy atom. The van der Waals surface area contributed by atoms with Crippen molar-refractivity contribution >= 4 is 6.03 Å². The Bertz CT molecular complexity index is 613. The van der Waals surface area contributed by atoms with Crippen LogP contribution in [0.5, 0.6) is 0 Å². The molecule has 1 aromatic rings. The second-order valence-electron chi connectivity index (χ2n) is 5.78. The van der Waals surface area contributed by atoms with E-state index < -0.39 is 11.9 Å². The molecule has 1 aliphatic rings. The number of hydrogen-bond donors (Lipinski definition) is 1. The molecule has 0 radical (unpaired) electrons. The third kappa shape index (κ3) is 4.20. The molecule has 0 unspecified atom stereocenters. The molecule has 126 valence electrons. The van der Waals surface area contributed by atoms with Gasteiger partial charge in [0.15, 0.2) is 0 Å². The molecule has 0 saturated heterocycles. The molecule has 0 aromatic carbocycles. The van der Waals surface area contributed by atoms with E-state index in [2.05, 4.69) is 15.3 Å². The van der Waals surface area contributed by atoms with E-state index >= 15 is 0 Å². The first-order chi connectivity index (χ1) is 10.7. The zero-order valence-corrected chi connectivity index (χ0v) is 13.2. The van der Waals surface area contributed by atoms with Crippen LogP contribution in [0.2, 0.25) is 0 Å². The summed E-state index contributed by atoms with van der Waals surface area (Å²) in [4.78, 5) is 21.2. The quantitative estimate of drug-likeness (QED) is 0.868. The van der Waals surface area contributed by atoms with Crippen molar-refractivity contribution in [1.29, 1.82) is 0 Å². The van der Waals surface area contributed by atoms with E-state index in [1.165, 1.54) is 6.92 Å². The van der Waals surface area contributed by atoms with Crippen LogP contribution in [0.25, 0.3) is 0 Å². The van der Waals surface area contributed by atoms with Gasteiger partial charge in [-0.3, -0.25) is 0 Å². The third-order valence-corrected chi connectivity index (χ3v) is 3.53. The molecule has 1 N–H and O–H groups in total. The van der Waals surface area contributed by atoms with Crippen molar-refractivity contribution in [1.82, 2.24) is 20.2 Å². The number of aryl methyl sites for hydroxylation is 1. The average molecular weight is 328 g/mol. The van der Waals surface area contributed by atoms with E-state index in [9.17, 15) is 18.0 Å². The lowest BCUT2D eigenvalue weighted by molar-refractivity contribution is -0.141. The first-order valence-electron chi connectivity index (χ1n) is 7.31. The fourth-order valence-corrected chi connectivity index (χ4v) is 2.45. The van der Waals surface area contributed by atoms with Gasteiger partial charge in [0.2, 0.25) is 0 Å². The lowest BCUT2D eigenvalue weighted by Gasteiger charge is -2.27. The summed E-state index contributed by atoms with van der Waals surface area (Å²) in [6.45, 7) is 5.79. The number of hydrogen-bond acceptors (Lipinski definition) is 3. The molecule has 2 heterocycles. The Kier molecular flexibility index (Phi) is 4.91. The number of carbonyl (C=O) groups excluding carboxylic acids is 1. The summed E-state index contributed by atoms with van der Waals surface area (Å²) in [6, 6.07) is 0.524. The number of carbonyl (C=O) groups is 1. The van der Waals surface area contributed by atoms with Gasteiger partial charge in [-0.1, -0.05) is 26.0 Å². The van der Waals surface area contributed by atoms with Gasteiger partial charge in [-0.05, 0) is 18.9 Å². The molecule has 0 saturated carbocycles. The minimum absolute atomic E-state index is 0.0147. The van der Waals surface area contributed by atoms with Crippen LogP contribution >= 0.6 is 0 Å². The van der Waals surface area contributed by atoms with E-state index in [1.807, 2.05) is 26.0 Å². The van der Waals surface area contributed by atoms with E-state index in [1.54, 1.807) is 4.90 Å². The molecule has 8 heteroatoms. The molecular weight excluding hydrogens is 309 g/mol. The Balaban J connectivity index is 2.04. The zero-order chi connectivity index (χ0) is 17.2. The highest BCUT2D eigenvalue weighted by Crippen LogP contribution is 2.27. The van der Waals surface area contributed by atoms with Gasteiger partial charge in [-0.25, -0.2) is 14.8 Å². The van der Waals surface area contributed by atoms with Gasteiger partial charge in [-0.15, -0.1) is 0 Å². The van der Waals surface area contributed by atoms with Crippen molar-refractivity contribution in [3.8, 4) is 0 Å². The third-order valence-electron chi connectivity index (χ3n) is 3.53.